The molecule has 0 bridgehead atoms. The molecular weight excluding hydrogens is 278 g/mol. The molecule has 0 radical (unpaired) electrons. The van der Waals surface area contributed by atoms with Gasteiger partial charge in [-0.2, -0.15) is 0 Å². The minimum atomic E-state index is -0.375. The van der Waals surface area contributed by atoms with E-state index in [0.717, 1.165) is 37.8 Å². The molecule has 0 spiro atoms. The normalized spacial score (nSPS) is 11.1. The summed E-state index contributed by atoms with van der Waals surface area (Å²) in [5, 5.41) is 13.9. The van der Waals surface area contributed by atoms with Crippen molar-refractivity contribution in [2.75, 3.05) is 31.5 Å². The van der Waals surface area contributed by atoms with Crippen molar-refractivity contribution in [2.24, 2.45) is 5.92 Å². The van der Waals surface area contributed by atoms with Crippen LogP contribution in [0, 0.1) is 16.0 Å². The van der Waals surface area contributed by atoms with Crippen molar-refractivity contribution >= 4 is 11.4 Å². The number of benzene rings is 1. The van der Waals surface area contributed by atoms with Crippen LogP contribution in [0.3, 0.4) is 0 Å². The van der Waals surface area contributed by atoms with Crippen molar-refractivity contribution in [3.05, 3.63) is 34.4 Å². The van der Waals surface area contributed by atoms with Crippen LogP contribution in [0.5, 0.6) is 0 Å². The Morgan fingerprint density at radius 1 is 1.18 bits per heavy atom. The number of anilines is 1. The first-order valence-corrected chi connectivity index (χ1v) is 8.23. The third-order valence-corrected chi connectivity index (χ3v) is 3.79. The molecule has 0 aliphatic carbocycles. The number of nitro benzene ring substituents is 1. The molecule has 1 N–H and O–H groups in total. The Labute approximate surface area is 133 Å². The van der Waals surface area contributed by atoms with Crippen LogP contribution in [0.1, 0.15) is 40.0 Å². The highest BCUT2D eigenvalue weighted by molar-refractivity contribution is 5.48. The van der Waals surface area contributed by atoms with E-state index < -0.39 is 0 Å². The number of hydrogen-bond acceptors (Lipinski definition) is 4. The van der Waals surface area contributed by atoms with E-state index in [-0.39, 0.29) is 10.6 Å². The highest BCUT2D eigenvalue weighted by Gasteiger charge is 2.05. The molecule has 5 heteroatoms. The van der Waals surface area contributed by atoms with E-state index in [1.165, 1.54) is 31.4 Å². The van der Waals surface area contributed by atoms with E-state index in [9.17, 15) is 10.1 Å². The standard InChI is InChI=1S/C17H29N3O2/c1-4-19(13-6-5-7-15(2)3)14-12-18-16-8-10-17(11-9-16)20(21)22/h8-11,15,18H,4-7,12-14H2,1-3H3. The predicted octanol–water partition coefficient (Wildman–Crippen LogP) is 4.15. The van der Waals surface area contributed by atoms with Gasteiger partial charge in [-0.05, 0) is 37.6 Å². The second-order valence-corrected chi connectivity index (χ2v) is 6.05. The highest BCUT2D eigenvalue weighted by Crippen LogP contribution is 2.15. The lowest BCUT2D eigenvalue weighted by atomic mass is 10.1. The number of nitro groups is 1. The molecule has 0 aliphatic heterocycles. The molecule has 0 aromatic heterocycles. The van der Waals surface area contributed by atoms with Crippen LogP contribution in [0.4, 0.5) is 11.4 Å². The second-order valence-electron chi connectivity index (χ2n) is 6.05. The monoisotopic (exact) mass is 307 g/mol. The van der Waals surface area contributed by atoms with Crippen LogP contribution in [-0.4, -0.2) is 36.0 Å². The fraction of sp³-hybridized carbons (Fsp3) is 0.647. The van der Waals surface area contributed by atoms with Gasteiger partial charge in [0.05, 0.1) is 4.92 Å². The van der Waals surface area contributed by atoms with Gasteiger partial charge >= 0.3 is 0 Å². The largest absolute Gasteiger partial charge is 0.384 e. The maximum atomic E-state index is 10.6. The molecule has 0 fully saturated rings. The first-order valence-electron chi connectivity index (χ1n) is 8.23. The average molecular weight is 307 g/mol. The molecule has 1 aromatic rings. The van der Waals surface area contributed by atoms with Crippen LogP contribution in [0.2, 0.25) is 0 Å². The van der Waals surface area contributed by atoms with Crippen LogP contribution < -0.4 is 5.32 Å². The zero-order valence-electron chi connectivity index (χ0n) is 14.0. The summed E-state index contributed by atoms with van der Waals surface area (Å²) in [6.07, 6.45) is 3.85. The van der Waals surface area contributed by atoms with Gasteiger partial charge in [0.25, 0.3) is 5.69 Å². The SMILES string of the molecule is CCN(CCCCC(C)C)CCNc1ccc([N+](=O)[O-])cc1. The van der Waals surface area contributed by atoms with Crippen molar-refractivity contribution in [1.82, 2.24) is 4.90 Å². The first kappa shape index (κ1) is 18.4. The lowest BCUT2D eigenvalue weighted by Crippen LogP contribution is -2.30. The number of unbranched alkanes of at least 4 members (excludes halogenated alkanes) is 1. The fourth-order valence-corrected chi connectivity index (χ4v) is 2.38. The van der Waals surface area contributed by atoms with Gasteiger partial charge in [0.15, 0.2) is 0 Å². The molecule has 1 rings (SSSR count). The molecule has 1 aromatic carbocycles. The molecule has 0 amide bonds. The summed E-state index contributed by atoms with van der Waals surface area (Å²) in [4.78, 5) is 12.7. The predicted molar refractivity (Wildman–Crippen MR) is 92.4 cm³/mol. The van der Waals surface area contributed by atoms with E-state index >= 15 is 0 Å². The average Bonchev–Trinajstić information content (AvgIpc) is 2.49. The molecule has 0 saturated carbocycles. The Morgan fingerprint density at radius 2 is 1.86 bits per heavy atom. The molecule has 0 atom stereocenters. The number of hydrogen-bond donors (Lipinski definition) is 1. The molecule has 22 heavy (non-hydrogen) atoms. The molecular formula is C17H29N3O2. The van der Waals surface area contributed by atoms with E-state index in [1.807, 2.05) is 0 Å². The molecule has 0 unspecified atom stereocenters. The Kier molecular flexibility index (Phi) is 8.51. The van der Waals surface area contributed by atoms with Crippen molar-refractivity contribution in [2.45, 2.75) is 40.0 Å². The van der Waals surface area contributed by atoms with Crippen LogP contribution in [0.15, 0.2) is 24.3 Å². The Balaban J connectivity index is 2.24. The van der Waals surface area contributed by atoms with Crippen LogP contribution in [-0.2, 0) is 0 Å². The van der Waals surface area contributed by atoms with Crippen LogP contribution in [0.25, 0.3) is 0 Å². The third-order valence-electron chi connectivity index (χ3n) is 3.79. The zero-order chi connectivity index (χ0) is 16.4. The number of rotatable bonds is 11. The smallest absolute Gasteiger partial charge is 0.269 e. The number of nitrogens with one attached hydrogen (secondary N) is 1. The van der Waals surface area contributed by atoms with E-state index in [1.54, 1.807) is 12.1 Å². The van der Waals surface area contributed by atoms with Gasteiger partial charge < -0.3 is 10.2 Å². The lowest BCUT2D eigenvalue weighted by molar-refractivity contribution is -0.384. The van der Waals surface area contributed by atoms with E-state index in [4.69, 9.17) is 0 Å². The minimum Gasteiger partial charge on any atom is -0.384 e. The van der Waals surface area contributed by atoms with Gasteiger partial charge in [0.1, 0.15) is 0 Å². The quantitative estimate of drug-likeness (QED) is 0.379. The first-order chi connectivity index (χ1) is 10.5. The Hall–Kier alpha value is -1.62. The maximum absolute atomic E-state index is 10.6. The van der Waals surface area contributed by atoms with Crippen molar-refractivity contribution in [1.29, 1.82) is 0 Å². The molecule has 0 aliphatic rings. The molecule has 124 valence electrons. The van der Waals surface area contributed by atoms with Crippen molar-refractivity contribution in [3.63, 3.8) is 0 Å². The van der Waals surface area contributed by atoms with Gasteiger partial charge in [0, 0.05) is 30.9 Å². The topological polar surface area (TPSA) is 58.4 Å². The minimum absolute atomic E-state index is 0.130. The lowest BCUT2D eigenvalue weighted by Gasteiger charge is -2.21. The summed E-state index contributed by atoms with van der Waals surface area (Å²) in [6.45, 7) is 10.8. The van der Waals surface area contributed by atoms with Gasteiger partial charge in [-0.3, -0.25) is 10.1 Å². The molecule has 5 nitrogen and oxygen atoms in total. The maximum Gasteiger partial charge on any atom is 0.269 e. The van der Waals surface area contributed by atoms with Crippen LogP contribution >= 0.6 is 0 Å². The van der Waals surface area contributed by atoms with Crippen molar-refractivity contribution in [3.8, 4) is 0 Å². The summed E-state index contributed by atoms with van der Waals surface area (Å²) >= 11 is 0. The second kappa shape index (κ2) is 10.2. The number of nitrogens with zero attached hydrogens (tertiary/aromatic N) is 2. The number of non-ortho nitro benzene ring substituents is 1. The summed E-state index contributed by atoms with van der Waals surface area (Å²) in [5.41, 5.74) is 1.06. The van der Waals surface area contributed by atoms with Gasteiger partial charge in [0.2, 0.25) is 0 Å². The van der Waals surface area contributed by atoms with Gasteiger partial charge in [-0.1, -0.05) is 33.6 Å². The summed E-state index contributed by atoms with van der Waals surface area (Å²) in [6, 6.07) is 6.59. The summed E-state index contributed by atoms with van der Waals surface area (Å²) < 4.78 is 0. The molecule has 0 heterocycles. The van der Waals surface area contributed by atoms with Gasteiger partial charge in [-0.15, -0.1) is 0 Å². The van der Waals surface area contributed by atoms with Gasteiger partial charge in [-0.25, -0.2) is 0 Å². The fourth-order valence-electron chi connectivity index (χ4n) is 2.38. The molecule has 0 saturated heterocycles. The Bertz CT molecular complexity index is 432. The Morgan fingerprint density at radius 3 is 2.41 bits per heavy atom. The summed E-state index contributed by atoms with van der Waals surface area (Å²) in [7, 11) is 0. The van der Waals surface area contributed by atoms with E-state index in [0.29, 0.717) is 0 Å². The zero-order valence-corrected chi connectivity index (χ0v) is 14.0. The third kappa shape index (κ3) is 7.41. The van der Waals surface area contributed by atoms with Crippen molar-refractivity contribution < 1.29 is 4.92 Å². The number of likely N-dealkylation sites (N-methyl/N-ethyl adjacent to an activating group) is 1. The summed E-state index contributed by atoms with van der Waals surface area (Å²) in [5.74, 6) is 0.791. The van der Waals surface area contributed by atoms with E-state index in [2.05, 4.69) is 31.0 Å². The highest BCUT2D eigenvalue weighted by atomic mass is 16.6.